The molecule has 46 heavy (non-hydrogen) atoms. The van der Waals surface area contributed by atoms with Gasteiger partial charge in [0.05, 0.1) is 7.11 Å². The molecular formula is C37H50N4O5. The van der Waals surface area contributed by atoms with Crippen molar-refractivity contribution in [2.75, 3.05) is 46.5 Å². The first-order valence-electron chi connectivity index (χ1n) is 17.0. The van der Waals surface area contributed by atoms with E-state index in [1.165, 1.54) is 6.08 Å². The summed E-state index contributed by atoms with van der Waals surface area (Å²) in [6, 6.07) is 16.4. The Kier molecular flexibility index (Phi) is 12.3. The van der Waals surface area contributed by atoms with Crippen molar-refractivity contribution in [1.29, 1.82) is 0 Å². The third-order valence-corrected chi connectivity index (χ3v) is 9.81. The van der Waals surface area contributed by atoms with Crippen LogP contribution < -0.4 is 20.7 Å². The maximum absolute atomic E-state index is 13.9. The van der Waals surface area contributed by atoms with Gasteiger partial charge in [0.25, 0.3) is 0 Å². The van der Waals surface area contributed by atoms with Gasteiger partial charge in [0.15, 0.2) is 0 Å². The number of carbonyl (C=O) groups is 3. The van der Waals surface area contributed by atoms with E-state index in [0.717, 1.165) is 88.4 Å². The highest BCUT2D eigenvalue weighted by Crippen LogP contribution is 2.30. The molecule has 0 unspecified atom stereocenters. The van der Waals surface area contributed by atoms with Crippen LogP contribution >= 0.6 is 0 Å². The molecular weight excluding hydrogens is 580 g/mol. The molecule has 1 aliphatic carbocycles. The molecule has 0 spiro atoms. The number of rotatable bonds is 13. The lowest BCUT2D eigenvalue weighted by molar-refractivity contribution is -0.135. The molecule has 3 fully saturated rings. The van der Waals surface area contributed by atoms with E-state index in [1.54, 1.807) is 13.2 Å². The normalized spacial score (nSPS) is 19.8. The van der Waals surface area contributed by atoms with Crippen molar-refractivity contribution < 1.29 is 23.9 Å². The number of nitrogens with one attached hydrogen (secondary N) is 3. The Bertz CT molecular complexity index is 1310. The second-order valence-corrected chi connectivity index (χ2v) is 13.1. The van der Waals surface area contributed by atoms with Crippen LogP contribution in [0.5, 0.6) is 5.75 Å². The SMILES string of the molecule is COc1cccc(/C=C/C(=O)NC2(C(=O)N[C@H](Cc3ccccc3)C(=O)NCC3CCN(CC4CCOCC4)CC3)CCCC2)c1. The summed E-state index contributed by atoms with van der Waals surface area (Å²) < 4.78 is 10.8. The Morgan fingerprint density at radius 2 is 1.72 bits per heavy atom. The number of ether oxygens (including phenoxy) is 2. The topological polar surface area (TPSA) is 109 Å². The van der Waals surface area contributed by atoms with Crippen LogP contribution in [0.3, 0.4) is 0 Å². The van der Waals surface area contributed by atoms with Crippen molar-refractivity contribution in [3.05, 3.63) is 71.8 Å². The fourth-order valence-electron chi connectivity index (χ4n) is 6.97. The summed E-state index contributed by atoms with van der Waals surface area (Å²) in [4.78, 5) is 43.2. The van der Waals surface area contributed by atoms with Gasteiger partial charge < -0.3 is 30.3 Å². The van der Waals surface area contributed by atoms with E-state index in [1.807, 2.05) is 54.6 Å². The Morgan fingerprint density at radius 1 is 0.978 bits per heavy atom. The molecule has 2 aromatic carbocycles. The molecule has 9 nitrogen and oxygen atoms in total. The summed E-state index contributed by atoms with van der Waals surface area (Å²) in [5.74, 6) is 1.02. The van der Waals surface area contributed by atoms with Crippen LogP contribution in [0, 0.1) is 11.8 Å². The molecule has 2 aliphatic heterocycles. The van der Waals surface area contributed by atoms with Crippen LogP contribution in [0.25, 0.3) is 6.08 Å². The van der Waals surface area contributed by atoms with Crippen LogP contribution in [-0.2, 0) is 25.5 Å². The first kappa shape index (κ1) is 33.7. The van der Waals surface area contributed by atoms with Crippen LogP contribution in [0.1, 0.15) is 62.5 Å². The number of carbonyl (C=O) groups excluding carboxylic acids is 3. The van der Waals surface area contributed by atoms with Gasteiger partial charge in [-0.05, 0) is 92.8 Å². The van der Waals surface area contributed by atoms with E-state index in [0.29, 0.717) is 37.5 Å². The highest BCUT2D eigenvalue weighted by atomic mass is 16.5. The number of methoxy groups -OCH3 is 1. The molecule has 3 N–H and O–H groups in total. The monoisotopic (exact) mass is 630 g/mol. The van der Waals surface area contributed by atoms with Crippen LogP contribution in [0.4, 0.5) is 0 Å². The summed E-state index contributed by atoms with van der Waals surface area (Å²) in [6.45, 7) is 5.60. The van der Waals surface area contributed by atoms with Crippen molar-refractivity contribution in [3.63, 3.8) is 0 Å². The minimum atomic E-state index is -1.05. The third-order valence-electron chi connectivity index (χ3n) is 9.81. The first-order valence-corrected chi connectivity index (χ1v) is 17.0. The van der Waals surface area contributed by atoms with Crippen molar-refractivity contribution in [1.82, 2.24) is 20.9 Å². The first-order chi connectivity index (χ1) is 22.4. The van der Waals surface area contributed by atoms with Crippen molar-refractivity contribution in [2.45, 2.75) is 69.4 Å². The number of hydrogen-bond donors (Lipinski definition) is 3. The molecule has 9 heteroatoms. The Morgan fingerprint density at radius 3 is 2.43 bits per heavy atom. The number of piperidine rings is 1. The zero-order chi connectivity index (χ0) is 32.2. The molecule has 0 radical (unpaired) electrons. The maximum atomic E-state index is 13.9. The summed E-state index contributed by atoms with van der Waals surface area (Å²) in [5.41, 5.74) is 0.738. The van der Waals surface area contributed by atoms with Crippen molar-refractivity contribution in [2.24, 2.45) is 11.8 Å². The average Bonchev–Trinajstić information content (AvgIpc) is 3.57. The van der Waals surface area contributed by atoms with E-state index in [4.69, 9.17) is 9.47 Å². The van der Waals surface area contributed by atoms with Crippen LogP contribution in [0.2, 0.25) is 0 Å². The number of benzene rings is 2. The van der Waals surface area contributed by atoms with Gasteiger partial charge in [0.1, 0.15) is 17.3 Å². The quantitative estimate of drug-likeness (QED) is 0.288. The Balaban J connectivity index is 1.18. The van der Waals surface area contributed by atoms with Gasteiger partial charge in [-0.15, -0.1) is 0 Å². The molecule has 2 saturated heterocycles. The molecule has 3 aliphatic rings. The molecule has 3 amide bonds. The second-order valence-electron chi connectivity index (χ2n) is 13.1. The largest absolute Gasteiger partial charge is 0.497 e. The minimum absolute atomic E-state index is 0.181. The molecule has 248 valence electrons. The maximum Gasteiger partial charge on any atom is 0.246 e. The van der Waals surface area contributed by atoms with E-state index in [9.17, 15) is 14.4 Å². The van der Waals surface area contributed by atoms with Gasteiger partial charge in [-0.1, -0.05) is 55.3 Å². The van der Waals surface area contributed by atoms with Crippen LogP contribution in [-0.4, -0.2) is 80.7 Å². The zero-order valence-corrected chi connectivity index (χ0v) is 27.2. The Labute approximate surface area is 273 Å². The van der Waals surface area contributed by atoms with Gasteiger partial charge in [-0.3, -0.25) is 14.4 Å². The summed E-state index contributed by atoms with van der Waals surface area (Å²) in [5, 5.41) is 9.23. The molecule has 5 rings (SSSR count). The summed E-state index contributed by atoms with van der Waals surface area (Å²) in [7, 11) is 1.60. The number of amides is 3. The second kappa shape index (κ2) is 16.7. The fraction of sp³-hybridized carbons (Fsp3) is 0.541. The number of hydrogen-bond acceptors (Lipinski definition) is 6. The lowest BCUT2D eigenvalue weighted by Gasteiger charge is -2.35. The minimum Gasteiger partial charge on any atom is -0.497 e. The van der Waals surface area contributed by atoms with E-state index in [-0.39, 0.29) is 17.7 Å². The van der Waals surface area contributed by atoms with Gasteiger partial charge >= 0.3 is 0 Å². The van der Waals surface area contributed by atoms with Crippen LogP contribution in [0.15, 0.2) is 60.7 Å². The number of likely N-dealkylation sites (tertiary alicyclic amines) is 1. The van der Waals surface area contributed by atoms with Gasteiger partial charge in [-0.25, -0.2) is 0 Å². The zero-order valence-electron chi connectivity index (χ0n) is 27.2. The summed E-state index contributed by atoms with van der Waals surface area (Å²) in [6.07, 6.45) is 10.7. The standard InChI is InChI=1S/C37H50N4O5/c1-45-32-11-7-10-29(24-32)12-13-34(42)40-37(18-5-6-19-37)36(44)39-33(25-28-8-3-2-4-9-28)35(43)38-26-30-14-20-41(21-15-30)27-31-16-22-46-23-17-31/h2-4,7-13,24,30-31,33H,5-6,14-23,25-27H2,1H3,(H,38,43)(H,39,44)(H,40,42)/b13-12+/t33-/m1/s1. The van der Waals surface area contributed by atoms with Gasteiger partial charge in [0.2, 0.25) is 17.7 Å². The smallest absolute Gasteiger partial charge is 0.246 e. The van der Waals surface area contributed by atoms with E-state index >= 15 is 0 Å². The molecule has 1 saturated carbocycles. The Hall–Kier alpha value is -3.69. The molecule has 1 atom stereocenters. The fourth-order valence-corrected chi connectivity index (χ4v) is 6.97. The van der Waals surface area contributed by atoms with E-state index in [2.05, 4.69) is 20.9 Å². The molecule has 2 aromatic rings. The van der Waals surface area contributed by atoms with Gasteiger partial charge in [0, 0.05) is 38.8 Å². The van der Waals surface area contributed by atoms with Crippen molar-refractivity contribution in [3.8, 4) is 5.75 Å². The molecule has 2 heterocycles. The highest BCUT2D eigenvalue weighted by molar-refractivity contribution is 5.99. The summed E-state index contributed by atoms with van der Waals surface area (Å²) >= 11 is 0. The number of nitrogens with zero attached hydrogens (tertiary/aromatic N) is 1. The molecule has 0 aromatic heterocycles. The molecule has 0 bridgehead atoms. The van der Waals surface area contributed by atoms with Gasteiger partial charge in [-0.2, -0.15) is 0 Å². The third kappa shape index (κ3) is 9.66. The lowest BCUT2D eigenvalue weighted by atomic mass is 9.93. The highest BCUT2D eigenvalue weighted by Gasteiger charge is 2.43. The lowest BCUT2D eigenvalue weighted by Crippen LogP contribution is -2.61. The average molecular weight is 631 g/mol. The predicted molar refractivity (Wildman–Crippen MR) is 179 cm³/mol. The van der Waals surface area contributed by atoms with E-state index < -0.39 is 11.6 Å². The predicted octanol–water partition coefficient (Wildman–Crippen LogP) is 4.12. The van der Waals surface area contributed by atoms with Crippen molar-refractivity contribution >= 4 is 23.8 Å².